The van der Waals surface area contributed by atoms with Crippen molar-refractivity contribution in [3.63, 3.8) is 0 Å². The lowest BCUT2D eigenvalue weighted by atomic mass is 10.1. The Bertz CT molecular complexity index is 558. The molecule has 124 valence electrons. The first-order valence-electron chi connectivity index (χ1n) is 5.59. The first-order chi connectivity index (χ1) is 9.99. The van der Waals surface area contributed by atoms with E-state index in [1.54, 1.807) is 0 Å². The molecule has 0 fully saturated rings. The van der Waals surface area contributed by atoms with E-state index in [0.29, 0.717) is 0 Å². The van der Waals surface area contributed by atoms with Crippen LogP contribution in [0.5, 0.6) is 5.88 Å². The molecule has 0 saturated heterocycles. The minimum Gasteiger partial charge on any atom is -0.462 e. The SMILES string of the molecule is CCOC(=O)c1cc(C(F)(F)F)c(CBr)nc1OC(F)(F)F. The summed E-state index contributed by atoms with van der Waals surface area (Å²) in [6.07, 6.45) is -10.1. The lowest BCUT2D eigenvalue weighted by Crippen LogP contribution is -2.22. The fourth-order valence-electron chi connectivity index (χ4n) is 1.42. The molecule has 0 spiro atoms. The second-order valence-electron chi connectivity index (χ2n) is 3.74. The highest BCUT2D eigenvalue weighted by Crippen LogP contribution is 2.36. The van der Waals surface area contributed by atoms with Crippen LogP contribution in [0.2, 0.25) is 0 Å². The van der Waals surface area contributed by atoms with Crippen molar-refractivity contribution < 1.29 is 40.6 Å². The van der Waals surface area contributed by atoms with Gasteiger partial charge >= 0.3 is 18.5 Å². The molecule has 0 saturated carbocycles. The molecule has 11 heteroatoms. The molecule has 1 rings (SSSR count). The highest BCUT2D eigenvalue weighted by Gasteiger charge is 2.39. The summed E-state index contributed by atoms with van der Waals surface area (Å²) in [5.41, 5.74) is -3.17. The lowest BCUT2D eigenvalue weighted by Gasteiger charge is -2.16. The number of carbonyl (C=O) groups excluding carboxylic acids is 1. The second-order valence-corrected chi connectivity index (χ2v) is 4.30. The van der Waals surface area contributed by atoms with Gasteiger partial charge in [0.15, 0.2) is 0 Å². The molecular weight excluding hydrogens is 388 g/mol. The number of ether oxygens (including phenoxy) is 2. The fraction of sp³-hybridized carbons (Fsp3) is 0.455. The third-order valence-corrected chi connectivity index (χ3v) is 2.74. The maximum Gasteiger partial charge on any atom is 0.574 e. The Morgan fingerprint density at radius 2 is 1.86 bits per heavy atom. The molecule has 1 aromatic heterocycles. The standard InChI is InChI=1S/C11H8BrF6NO3/c1-2-21-9(20)5-3-6(10(13,14)15)7(4-12)19-8(5)22-11(16,17)18/h3H,2,4H2,1H3. The van der Waals surface area contributed by atoms with Crippen LogP contribution in [0.25, 0.3) is 0 Å². The van der Waals surface area contributed by atoms with Crippen LogP contribution >= 0.6 is 15.9 Å². The number of nitrogens with zero attached hydrogens (tertiary/aromatic N) is 1. The Hall–Kier alpha value is -1.52. The summed E-state index contributed by atoms with van der Waals surface area (Å²) < 4.78 is 83.4. The van der Waals surface area contributed by atoms with Gasteiger partial charge in [0.05, 0.1) is 17.9 Å². The molecule has 0 bridgehead atoms. The lowest BCUT2D eigenvalue weighted by molar-refractivity contribution is -0.276. The predicted octanol–water partition coefficient (Wildman–Crippen LogP) is 4.07. The number of pyridine rings is 1. The van der Waals surface area contributed by atoms with Crippen molar-refractivity contribution in [2.45, 2.75) is 24.8 Å². The molecule has 1 aromatic rings. The molecule has 4 nitrogen and oxygen atoms in total. The van der Waals surface area contributed by atoms with Crippen LogP contribution < -0.4 is 4.74 Å². The van der Waals surface area contributed by atoms with Gasteiger partial charge < -0.3 is 9.47 Å². The molecule has 0 N–H and O–H groups in total. The van der Waals surface area contributed by atoms with Gasteiger partial charge in [-0.15, -0.1) is 13.2 Å². The second kappa shape index (κ2) is 6.71. The molecule has 22 heavy (non-hydrogen) atoms. The number of alkyl halides is 7. The van der Waals surface area contributed by atoms with Crippen molar-refractivity contribution in [2.75, 3.05) is 6.61 Å². The van der Waals surface area contributed by atoms with Gasteiger partial charge in [-0.05, 0) is 13.0 Å². The zero-order chi connectivity index (χ0) is 17.1. The van der Waals surface area contributed by atoms with E-state index in [1.807, 2.05) is 0 Å². The van der Waals surface area contributed by atoms with E-state index in [0.717, 1.165) is 0 Å². The summed E-state index contributed by atoms with van der Waals surface area (Å²) in [6, 6.07) is 0.225. The summed E-state index contributed by atoms with van der Waals surface area (Å²) in [4.78, 5) is 14.7. The van der Waals surface area contributed by atoms with Gasteiger partial charge in [-0.1, -0.05) is 15.9 Å². The van der Waals surface area contributed by atoms with E-state index in [2.05, 4.69) is 30.4 Å². The molecule has 0 aromatic carbocycles. The fourth-order valence-corrected chi connectivity index (χ4v) is 1.85. The van der Waals surface area contributed by atoms with Gasteiger partial charge in [0.2, 0.25) is 5.88 Å². The van der Waals surface area contributed by atoms with Gasteiger partial charge in [-0.2, -0.15) is 13.2 Å². The Morgan fingerprint density at radius 3 is 2.27 bits per heavy atom. The predicted molar refractivity (Wildman–Crippen MR) is 64.5 cm³/mol. The summed E-state index contributed by atoms with van der Waals surface area (Å²) in [7, 11) is 0. The summed E-state index contributed by atoms with van der Waals surface area (Å²) in [5.74, 6) is -2.70. The minimum absolute atomic E-state index is 0.225. The Balaban J connectivity index is 3.50. The average Bonchev–Trinajstić information content (AvgIpc) is 2.35. The van der Waals surface area contributed by atoms with Crippen molar-refractivity contribution in [3.05, 3.63) is 22.9 Å². The molecule has 0 unspecified atom stereocenters. The van der Waals surface area contributed by atoms with Crippen molar-refractivity contribution in [3.8, 4) is 5.88 Å². The number of rotatable bonds is 4. The first kappa shape index (κ1) is 18.5. The Kier molecular flexibility index (Phi) is 5.65. The van der Waals surface area contributed by atoms with Crippen LogP contribution in [0, 0.1) is 0 Å². The third-order valence-electron chi connectivity index (χ3n) is 2.21. The van der Waals surface area contributed by atoms with Gasteiger partial charge in [-0.3, -0.25) is 0 Å². The molecular formula is C11H8BrF6NO3. The van der Waals surface area contributed by atoms with E-state index in [9.17, 15) is 31.1 Å². The Labute approximate surface area is 128 Å². The molecule has 0 atom stereocenters. The number of hydrogen-bond donors (Lipinski definition) is 0. The topological polar surface area (TPSA) is 48.4 Å². The maximum atomic E-state index is 12.9. The van der Waals surface area contributed by atoms with Gasteiger partial charge in [-0.25, -0.2) is 9.78 Å². The van der Waals surface area contributed by atoms with Gasteiger partial charge in [0.1, 0.15) is 5.56 Å². The number of hydrogen-bond acceptors (Lipinski definition) is 4. The zero-order valence-corrected chi connectivity index (χ0v) is 12.4. The van der Waals surface area contributed by atoms with Crippen molar-refractivity contribution in [1.82, 2.24) is 4.98 Å². The minimum atomic E-state index is -5.22. The van der Waals surface area contributed by atoms with Gasteiger partial charge in [0, 0.05) is 5.33 Å². The molecule has 0 amide bonds. The number of aromatic nitrogens is 1. The summed E-state index contributed by atoms with van der Waals surface area (Å²) >= 11 is 2.69. The highest BCUT2D eigenvalue weighted by atomic mass is 79.9. The van der Waals surface area contributed by atoms with Crippen LogP contribution in [0.4, 0.5) is 26.3 Å². The van der Waals surface area contributed by atoms with Crippen molar-refractivity contribution in [1.29, 1.82) is 0 Å². The van der Waals surface area contributed by atoms with E-state index in [4.69, 9.17) is 0 Å². The van der Waals surface area contributed by atoms with Crippen molar-refractivity contribution in [2.24, 2.45) is 0 Å². The van der Waals surface area contributed by atoms with Crippen LogP contribution in [-0.2, 0) is 16.2 Å². The van der Waals surface area contributed by atoms with Crippen LogP contribution in [0.1, 0.15) is 28.5 Å². The van der Waals surface area contributed by atoms with E-state index in [1.165, 1.54) is 6.92 Å². The molecule has 0 aliphatic rings. The highest BCUT2D eigenvalue weighted by molar-refractivity contribution is 9.08. The van der Waals surface area contributed by atoms with Crippen LogP contribution in [0.15, 0.2) is 6.07 Å². The van der Waals surface area contributed by atoms with E-state index < -0.39 is 46.5 Å². The quantitative estimate of drug-likeness (QED) is 0.438. The third kappa shape index (κ3) is 4.75. The van der Waals surface area contributed by atoms with Crippen molar-refractivity contribution >= 4 is 21.9 Å². The molecule has 0 radical (unpaired) electrons. The molecule has 1 heterocycles. The van der Waals surface area contributed by atoms with E-state index in [-0.39, 0.29) is 12.7 Å². The summed E-state index contributed by atoms with van der Waals surface area (Å²) in [6.45, 7) is 1.10. The summed E-state index contributed by atoms with van der Waals surface area (Å²) in [5, 5.41) is -0.487. The zero-order valence-electron chi connectivity index (χ0n) is 10.8. The monoisotopic (exact) mass is 395 g/mol. The maximum absolute atomic E-state index is 12.9. The van der Waals surface area contributed by atoms with Crippen LogP contribution in [-0.4, -0.2) is 23.9 Å². The number of halogens is 7. The van der Waals surface area contributed by atoms with E-state index >= 15 is 0 Å². The number of carbonyl (C=O) groups is 1. The van der Waals surface area contributed by atoms with Crippen LogP contribution in [0.3, 0.4) is 0 Å². The average molecular weight is 396 g/mol. The normalized spacial score (nSPS) is 12.2. The smallest absolute Gasteiger partial charge is 0.462 e. The van der Waals surface area contributed by atoms with Gasteiger partial charge in [0.25, 0.3) is 0 Å². The first-order valence-corrected chi connectivity index (χ1v) is 6.71. The Morgan fingerprint density at radius 1 is 1.27 bits per heavy atom. The molecule has 0 aliphatic carbocycles. The molecule has 0 aliphatic heterocycles. The largest absolute Gasteiger partial charge is 0.574 e. The number of esters is 1.